The van der Waals surface area contributed by atoms with Crippen molar-refractivity contribution < 1.29 is 17.9 Å². The third-order valence-corrected chi connectivity index (χ3v) is 7.83. The third-order valence-electron chi connectivity index (χ3n) is 4.23. The fourth-order valence-corrected chi connectivity index (χ4v) is 6.18. The van der Waals surface area contributed by atoms with Gasteiger partial charge < -0.3 is 10.1 Å². The molecule has 1 amide bonds. The van der Waals surface area contributed by atoms with Gasteiger partial charge >= 0.3 is 0 Å². The summed E-state index contributed by atoms with van der Waals surface area (Å²) in [5.41, 5.74) is 0.595. The van der Waals surface area contributed by atoms with Gasteiger partial charge in [-0.1, -0.05) is 18.0 Å². The van der Waals surface area contributed by atoms with E-state index in [1.54, 1.807) is 37.4 Å². The number of benzene rings is 1. The summed E-state index contributed by atoms with van der Waals surface area (Å²) in [7, 11) is -2.19. The Bertz CT molecular complexity index is 880. The van der Waals surface area contributed by atoms with Crippen LogP contribution in [-0.2, 0) is 14.8 Å². The molecule has 1 aliphatic rings. The van der Waals surface area contributed by atoms with Crippen molar-refractivity contribution in [1.82, 2.24) is 4.31 Å². The first-order valence-corrected chi connectivity index (χ1v) is 10.8. The SMILES string of the molecule is COc1ccc(NC(=O)[C@H]2CCCCN2S(=O)(=O)c2ccc(Cl)s2)cc1. The number of ether oxygens (including phenoxy) is 1. The molecule has 0 saturated carbocycles. The normalized spacial score (nSPS) is 18.5. The maximum atomic E-state index is 12.9. The number of carbonyl (C=O) groups excluding carboxylic acids is 1. The molecule has 6 nitrogen and oxygen atoms in total. The number of sulfonamides is 1. The molecule has 0 aliphatic carbocycles. The third kappa shape index (κ3) is 4.03. The molecule has 2 aromatic rings. The molecular weight excluding hydrogens is 396 g/mol. The van der Waals surface area contributed by atoms with Crippen LogP contribution in [0.3, 0.4) is 0 Å². The minimum absolute atomic E-state index is 0.159. The fourth-order valence-electron chi connectivity index (χ4n) is 2.91. The lowest BCUT2D eigenvalue weighted by atomic mass is 10.0. The summed E-state index contributed by atoms with van der Waals surface area (Å²) in [5.74, 6) is 0.348. The van der Waals surface area contributed by atoms with E-state index in [1.165, 1.54) is 10.4 Å². The fraction of sp³-hybridized carbons (Fsp3) is 0.353. The van der Waals surface area contributed by atoms with Crippen LogP contribution in [0.5, 0.6) is 5.75 Å². The highest BCUT2D eigenvalue weighted by Crippen LogP contribution is 2.32. The number of amides is 1. The molecule has 140 valence electrons. The Labute approximate surface area is 161 Å². The summed E-state index contributed by atoms with van der Waals surface area (Å²) in [5, 5.41) is 2.80. The van der Waals surface area contributed by atoms with Crippen LogP contribution >= 0.6 is 22.9 Å². The van der Waals surface area contributed by atoms with Crippen LogP contribution < -0.4 is 10.1 Å². The van der Waals surface area contributed by atoms with Crippen LogP contribution in [0.1, 0.15) is 19.3 Å². The molecular formula is C17H19ClN2O4S2. The van der Waals surface area contributed by atoms with E-state index in [9.17, 15) is 13.2 Å². The highest BCUT2D eigenvalue weighted by molar-refractivity contribution is 7.91. The summed E-state index contributed by atoms with van der Waals surface area (Å²) in [6.07, 6.45) is 2.02. The summed E-state index contributed by atoms with van der Waals surface area (Å²) in [6, 6.07) is 9.20. The van der Waals surface area contributed by atoms with Gasteiger partial charge in [0.05, 0.1) is 11.4 Å². The highest BCUT2D eigenvalue weighted by atomic mass is 35.5. The molecule has 0 radical (unpaired) electrons. The van der Waals surface area contributed by atoms with Gasteiger partial charge in [-0.15, -0.1) is 11.3 Å². The van der Waals surface area contributed by atoms with E-state index in [0.29, 0.717) is 28.7 Å². The van der Waals surface area contributed by atoms with Crippen molar-refractivity contribution in [3.63, 3.8) is 0 Å². The molecule has 26 heavy (non-hydrogen) atoms. The lowest BCUT2D eigenvalue weighted by Gasteiger charge is -2.33. The van der Waals surface area contributed by atoms with E-state index in [-0.39, 0.29) is 10.1 Å². The Kier molecular flexibility index (Phi) is 5.86. The van der Waals surface area contributed by atoms with Gasteiger partial charge in [-0.05, 0) is 49.2 Å². The van der Waals surface area contributed by atoms with Crippen LogP contribution in [0.15, 0.2) is 40.6 Å². The molecule has 1 atom stereocenters. The molecule has 3 rings (SSSR count). The minimum atomic E-state index is -3.75. The standard InChI is InChI=1S/C17H19ClN2O4S2/c1-24-13-7-5-12(6-8-13)19-17(21)14-4-2-3-11-20(14)26(22,23)16-10-9-15(18)25-16/h5-10,14H,2-4,11H2,1H3,(H,19,21)/t14-/m1/s1. The van der Waals surface area contributed by atoms with Gasteiger partial charge in [0.1, 0.15) is 16.0 Å². The zero-order valence-corrected chi connectivity index (χ0v) is 16.5. The van der Waals surface area contributed by atoms with Crippen molar-refractivity contribution in [2.24, 2.45) is 0 Å². The van der Waals surface area contributed by atoms with Gasteiger partial charge in [0, 0.05) is 12.2 Å². The smallest absolute Gasteiger partial charge is 0.253 e. The molecule has 1 saturated heterocycles. The van der Waals surface area contributed by atoms with Gasteiger partial charge in [-0.3, -0.25) is 4.79 Å². The number of thiophene rings is 1. The molecule has 9 heteroatoms. The largest absolute Gasteiger partial charge is 0.497 e. The Morgan fingerprint density at radius 1 is 1.23 bits per heavy atom. The quantitative estimate of drug-likeness (QED) is 0.811. The van der Waals surface area contributed by atoms with Gasteiger partial charge in [-0.25, -0.2) is 8.42 Å². The number of nitrogens with one attached hydrogen (secondary N) is 1. The van der Waals surface area contributed by atoms with Gasteiger partial charge in [-0.2, -0.15) is 4.31 Å². The van der Waals surface area contributed by atoms with Gasteiger partial charge in [0.25, 0.3) is 10.0 Å². The van der Waals surface area contributed by atoms with E-state index >= 15 is 0 Å². The number of anilines is 1. The van der Waals surface area contributed by atoms with Crippen molar-refractivity contribution >= 4 is 44.6 Å². The second-order valence-corrected chi connectivity index (χ2v) is 9.74. The number of piperidine rings is 1. The number of hydrogen-bond donors (Lipinski definition) is 1. The molecule has 0 bridgehead atoms. The van der Waals surface area contributed by atoms with Crippen LogP contribution in [0.4, 0.5) is 5.69 Å². The van der Waals surface area contributed by atoms with Crippen LogP contribution in [0, 0.1) is 0 Å². The molecule has 1 N–H and O–H groups in total. The number of methoxy groups -OCH3 is 1. The number of hydrogen-bond acceptors (Lipinski definition) is 5. The van der Waals surface area contributed by atoms with E-state index in [1.807, 2.05) is 0 Å². The Morgan fingerprint density at radius 2 is 1.96 bits per heavy atom. The molecule has 1 fully saturated rings. The molecule has 0 unspecified atom stereocenters. The van der Waals surface area contributed by atoms with Gasteiger partial charge in [0.2, 0.25) is 5.91 Å². The Balaban J connectivity index is 1.80. The van der Waals surface area contributed by atoms with Crippen molar-refractivity contribution in [2.45, 2.75) is 29.5 Å². The molecule has 1 aliphatic heterocycles. The Morgan fingerprint density at radius 3 is 2.58 bits per heavy atom. The molecule has 1 aromatic heterocycles. The van der Waals surface area contributed by atoms with E-state index < -0.39 is 16.1 Å². The summed E-state index contributed by atoms with van der Waals surface area (Å²) >= 11 is 6.88. The minimum Gasteiger partial charge on any atom is -0.497 e. The summed E-state index contributed by atoms with van der Waals surface area (Å²) in [6.45, 7) is 0.318. The monoisotopic (exact) mass is 414 g/mol. The average molecular weight is 415 g/mol. The first-order valence-electron chi connectivity index (χ1n) is 8.14. The lowest BCUT2D eigenvalue weighted by Crippen LogP contribution is -2.49. The predicted molar refractivity (Wildman–Crippen MR) is 102 cm³/mol. The number of carbonyl (C=O) groups is 1. The lowest BCUT2D eigenvalue weighted by molar-refractivity contribution is -0.120. The first kappa shape index (κ1) is 19.2. The number of halogens is 1. The predicted octanol–water partition coefficient (Wildman–Crippen LogP) is 3.59. The van der Waals surface area contributed by atoms with E-state index in [0.717, 1.165) is 24.2 Å². The maximum absolute atomic E-state index is 12.9. The van der Waals surface area contributed by atoms with Crippen molar-refractivity contribution in [3.8, 4) is 5.75 Å². The van der Waals surface area contributed by atoms with Crippen LogP contribution in [0.2, 0.25) is 4.34 Å². The van der Waals surface area contributed by atoms with Crippen LogP contribution in [0.25, 0.3) is 0 Å². The summed E-state index contributed by atoms with van der Waals surface area (Å²) < 4.78 is 32.8. The topological polar surface area (TPSA) is 75.7 Å². The van der Waals surface area contributed by atoms with E-state index in [4.69, 9.17) is 16.3 Å². The zero-order chi connectivity index (χ0) is 18.7. The molecule has 2 heterocycles. The van der Waals surface area contributed by atoms with Crippen molar-refractivity contribution in [1.29, 1.82) is 0 Å². The number of rotatable bonds is 5. The second kappa shape index (κ2) is 7.96. The highest BCUT2D eigenvalue weighted by Gasteiger charge is 2.38. The zero-order valence-electron chi connectivity index (χ0n) is 14.1. The Hall–Kier alpha value is -1.61. The van der Waals surface area contributed by atoms with Crippen LogP contribution in [-0.4, -0.2) is 38.3 Å². The summed E-state index contributed by atoms with van der Waals surface area (Å²) in [4.78, 5) is 12.7. The molecule has 0 spiro atoms. The average Bonchev–Trinajstić information content (AvgIpc) is 3.09. The molecule has 1 aromatic carbocycles. The van der Waals surface area contributed by atoms with Crippen molar-refractivity contribution in [3.05, 3.63) is 40.7 Å². The van der Waals surface area contributed by atoms with Crippen molar-refractivity contribution in [2.75, 3.05) is 19.0 Å². The number of nitrogens with zero attached hydrogens (tertiary/aromatic N) is 1. The van der Waals surface area contributed by atoms with E-state index in [2.05, 4.69) is 5.32 Å². The first-order chi connectivity index (χ1) is 12.4. The van der Waals surface area contributed by atoms with Gasteiger partial charge in [0.15, 0.2) is 0 Å². The maximum Gasteiger partial charge on any atom is 0.253 e. The second-order valence-electron chi connectivity index (χ2n) is 5.90.